The maximum Gasteiger partial charge on any atom is 0.325 e. The van der Waals surface area contributed by atoms with Gasteiger partial charge in [-0.15, -0.1) is 0 Å². The number of rotatable bonds is 5. The summed E-state index contributed by atoms with van der Waals surface area (Å²) in [6, 6.07) is 5.11. The molecule has 0 aliphatic carbocycles. The van der Waals surface area contributed by atoms with E-state index in [0.717, 1.165) is 16.7 Å². The molecular weight excluding hydrogens is 322 g/mol. The summed E-state index contributed by atoms with van der Waals surface area (Å²) in [6.45, 7) is -0.409. The number of hydrogen-bond donors (Lipinski definition) is 0. The molecule has 0 bridgehead atoms. The van der Waals surface area contributed by atoms with E-state index in [1.54, 1.807) is 18.2 Å². The first-order chi connectivity index (χ1) is 11.0. The average Bonchev–Trinajstić information content (AvgIpc) is 2.82. The Balaban J connectivity index is 2.32. The van der Waals surface area contributed by atoms with Crippen molar-refractivity contribution in [2.24, 2.45) is 0 Å². The molecule has 0 saturated carbocycles. The fraction of sp³-hybridized carbons (Fsp3) is 0.267. The van der Waals surface area contributed by atoms with Gasteiger partial charge >= 0.3 is 5.97 Å². The minimum atomic E-state index is -0.660. The standard InChI is InChI=1S/C15H15NO6S/c1-20-10-4-5-11(21-2)9(6-10)7-12-14(18)16(15(19)23-12)8-13(17)22-3/h4-7H,8H2,1-3H3. The number of carbonyl (C=O) groups is 3. The number of carbonyl (C=O) groups excluding carboxylic acids is 3. The zero-order valence-corrected chi connectivity index (χ0v) is 13.6. The fourth-order valence-electron chi connectivity index (χ4n) is 1.92. The molecule has 0 atom stereocenters. The Kier molecular flexibility index (Phi) is 5.28. The van der Waals surface area contributed by atoms with Crippen molar-refractivity contribution in [2.45, 2.75) is 0 Å². The summed E-state index contributed by atoms with van der Waals surface area (Å²) in [6.07, 6.45) is 1.53. The molecule has 0 spiro atoms. The summed E-state index contributed by atoms with van der Waals surface area (Å²) in [5, 5.41) is -0.520. The molecule has 0 N–H and O–H groups in total. The van der Waals surface area contributed by atoms with Gasteiger partial charge in [-0.05, 0) is 36.0 Å². The van der Waals surface area contributed by atoms with Gasteiger partial charge in [-0.25, -0.2) is 0 Å². The van der Waals surface area contributed by atoms with Crippen molar-refractivity contribution in [2.75, 3.05) is 27.9 Å². The predicted octanol–water partition coefficient (Wildman–Crippen LogP) is 1.91. The van der Waals surface area contributed by atoms with E-state index in [1.807, 2.05) is 0 Å². The topological polar surface area (TPSA) is 82.1 Å². The summed E-state index contributed by atoms with van der Waals surface area (Å²) in [5.74, 6) is -0.0841. The van der Waals surface area contributed by atoms with Crippen molar-refractivity contribution in [3.05, 3.63) is 28.7 Å². The maximum absolute atomic E-state index is 12.3. The van der Waals surface area contributed by atoms with Crippen LogP contribution in [0.15, 0.2) is 23.1 Å². The van der Waals surface area contributed by atoms with E-state index in [-0.39, 0.29) is 4.91 Å². The second kappa shape index (κ2) is 7.19. The van der Waals surface area contributed by atoms with Gasteiger partial charge in [0.2, 0.25) is 0 Å². The second-order valence-corrected chi connectivity index (χ2v) is 5.45. The molecule has 1 fully saturated rings. The molecule has 1 aromatic rings. The first kappa shape index (κ1) is 16.9. The summed E-state index contributed by atoms with van der Waals surface area (Å²) < 4.78 is 14.9. The molecule has 0 unspecified atom stereocenters. The lowest BCUT2D eigenvalue weighted by Gasteiger charge is -2.10. The molecule has 1 saturated heterocycles. The van der Waals surface area contributed by atoms with Crippen LogP contribution < -0.4 is 9.47 Å². The summed E-state index contributed by atoms with van der Waals surface area (Å²) in [5.41, 5.74) is 0.593. The van der Waals surface area contributed by atoms with Crippen molar-refractivity contribution >= 4 is 35.0 Å². The molecule has 1 heterocycles. The van der Waals surface area contributed by atoms with Gasteiger partial charge in [0.05, 0.1) is 26.2 Å². The molecule has 23 heavy (non-hydrogen) atoms. The van der Waals surface area contributed by atoms with E-state index in [9.17, 15) is 14.4 Å². The molecule has 2 amide bonds. The van der Waals surface area contributed by atoms with Crippen LogP contribution in [0.5, 0.6) is 11.5 Å². The highest BCUT2D eigenvalue weighted by molar-refractivity contribution is 8.18. The maximum atomic E-state index is 12.3. The third kappa shape index (κ3) is 3.65. The molecule has 1 aromatic carbocycles. The van der Waals surface area contributed by atoms with Crippen molar-refractivity contribution in [1.29, 1.82) is 0 Å². The number of nitrogens with zero attached hydrogens (tertiary/aromatic N) is 1. The van der Waals surface area contributed by atoms with Crippen LogP contribution in [0.1, 0.15) is 5.56 Å². The number of ether oxygens (including phenoxy) is 3. The van der Waals surface area contributed by atoms with E-state index in [2.05, 4.69) is 4.74 Å². The number of methoxy groups -OCH3 is 3. The van der Waals surface area contributed by atoms with Crippen molar-refractivity contribution < 1.29 is 28.6 Å². The second-order valence-electron chi connectivity index (χ2n) is 4.45. The first-order valence-electron chi connectivity index (χ1n) is 6.54. The first-order valence-corrected chi connectivity index (χ1v) is 7.36. The van der Waals surface area contributed by atoms with Gasteiger partial charge in [-0.2, -0.15) is 0 Å². The van der Waals surface area contributed by atoms with Crippen LogP contribution in [0.25, 0.3) is 6.08 Å². The van der Waals surface area contributed by atoms with Gasteiger partial charge < -0.3 is 14.2 Å². The normalized spacial score (nSPS) is 16.0. The van der Waals surface area contributed by atoms with E-state index in [0.29, 0.717) is 17.1 Å². The van der Waals surface area contributed by atoms with Crippen LogP contribution >= 0.6 is 11.8 Å². The summed E-state index contributed by atoms with van der Waals surface area (Å²) in [4.78, 5) is 36.5. The number of hydrogen-bond acceptors (Lipinski definition) is 7. The molecule has 1 aliphatic heterocycles. The summed E-state index contributed by atoms with van der Waals surface area (Å²) in [7, 11) is 4.22. The number of benzene rings is 1. The largest absolute Gasteiger partial charge is 0.497 e. The molecule has 0 aromatic heterocycles. The minimum Gasteiger partial charge on any atom is -0.497 e. The Morgan fingerprint density at radius 3 is 2.57 bits per heavy atom. The number of esters is 1. The molecule has 0 radical (unpaired) electrons. The van der Waals surface area contributed by atoms with E-state index < -0.39 is 23.7 Å². The smallest absolute Gasteiger partial charge is 0.325 e. The Bertz CT molecular complexity index is 685. The molecule has 122 valence electrons. The Morgan fingerprint density at radius 2 is 1.96 bits per heavy atom. The molecular formula is C15H15NO6S. The van der Waals surface area contributed by atoms with Gasteiger partial charge in [0.25, 0.3) is 11.1 Å². The summed E-state index contributed by atoms with van der Waals surface area (Å²) >= 11 is 0.756. The van der Waals surface area contributed by atoms with E-state index in [1.165, 1.54) is 27.4 Å². The molecule has 8 heteroatoms. The molecule has 7 nitrogen and oxygen atoms in total. The predicted molar refractivity (Wildman–Crippen MR) is 84.2 cm³/mol. The zero-order chi connectivity index (χ0) is 17.0. The Morgan fingerprint density at radius 1 is 1.22 bits per heavy atom. The Labute approximate surface area is 137 Å². The quantitative estimate of drug-likeness (QED) is 0.599. The molecule has 1 aliphatic rings. The van der Waals surface area contributed by atoms with Gasteiger partial charge in [-0.1, -0.05) is 0 Å². The van der Waals surface area contributed by atoms with Crippen molar-refractivity contribution in [3.8, 4) is 11.5 Å². The minimum absolute atomic E-state index is 0.199. The van der Waals surface area contributed by atoms with E-state index >= 15 is 0 Å². The lowest BCUT2D eigenvalue weighted by Crippen LogP contribution is -2.34. The van der Waals surface area contributed by atoms with Crippen LogP contribution in [0.4, 0.5) is 4.79 Å². The lowest BCUT2D eigenvalue weighted by atomic mass is 10.1. The zero-order valence-electron chi connectivity index (χ0n) is 12.8. The highest BCUT2D eigenvalue weighted by atomic mass is 32.2. The highest BCUT2D eigenvalue weighted by Crippen LogP contribution is 2.34. The third-order valence-corrected chi connectivity index (χ3v) is 4.02. The van der Waals surface area contributed by atoms with Crippen LogP contribution in [0.3, 0.4) is 0 Å². The third-order valence-electron chi connectivity index (χ3n) is 3.11. The van der Waals surface area contributed by atoms with Crippen molar-refractivity contribution in [3.63, 3.8) is 0 Å². The monoisotopic (exact) mass is 337 g/mol. The van der Waals surface area contributed by atoms with Gasteiger partial charge in [0.15, 0.2) is 0 Å². The van der Waals surface area contributed by atoms with Gasteiger partial charge in [0, 0.05) is 5.56 Å². The molecule has 2 rings (SSSR count). The van der Waals surface area contributed by atoms with Crippen LogP contribution in [0, 0.1) is 0 Å². The highest BCUT2D eigenvalue weighted by Gasteiger charge is 2.36. The van der Waals surface area contributed by atoms with Crippen molar-refractivity contribution in [1.82, 2.24) is 4.90 Å². The number of thioether (sulfide) groups is 1. The number of amides is 2. The van der Waals surface area contributed by atoms with Crippen LogP contribution in [0.2, 0.25) is 0 Å². The number of imide groups is 1. The van der Waals surface area contributed by atoms with E-state index in [4.69, 9.17) is 9.47 Å². The lowest BCUT2D eigenvalue weighted by molar-refractivity contribution is -0.143. The average molecular weight is 337 g/mol. The van der Waals surface area contributed by atoms with Crippen LogP contribution in [-0.4, -0.2) is 49.9 Å². The SMILES string of the molecule is COC(=O)CN1C(=O)SC(=Cc2cc(OC)ccc2OC)C1=O. The fourth-order valence-corrected chi connectivity index (χ4v) is 2.75. The van der Waals surface area contributed by atoms with Crippen LogP contribution in [-0.2, 0) is 14.3 Å². The Hall–Kier alpha value is -2.48. The van der Waals surface area contributed by atoms with Gasteiger partial charge in [0.1, 0.15) is 18.0 Å². The van der Waals surface area contributed by atoms with Gasteiger partial charge in [-0.3, -0.25) is 19.3 Å².